The van der Waals surface area contributed by atoms with Gasteiger partial charge in [-0.3, -0.25) is 4.90 Å². The highest BCUT2D eigenvalue weighted by molar-refractivity contribution is 7.09. The zero-order chi connectivity index (χ0) is 32.1. The van der Waals surface area contributed by atoms with Crippen molar-refractivity contribution in [2.45, 2.75) is 84.0 Å². The summed E-state index contributed by atoms with van der Waals surface area (Å²) in [7, 11) is 0. The number of amides is 2. The van der Waals surface area contributed by atoms with Gasteiger partial charge in [-0.1, -0.05) is 40.9 Å². The van der Waals surface area contributed by atoms with E-state index in [0.717, 1.165) is 16.0 Å². The number of benzene rings is 2. The average Bonchev–Trinajstić information content (AvgIpc) is 3.56. The summed E-state index contributed by atoms with van der Waals surface area (Å²) in [5.74, 6) is -0.440. The fourth-order valence-electron chi connectivity index (χ4n) is 4.60. The van der Waals surface area contributed by atoms with Gasteiger partial charge in [0.15, 0.2) is 12.2 Å². The van der Waals surface area contributed by atoms with Crippen LogP contribution in [0, 0.1) is 5.82 Å². The molecule has 2 aromatic carbocycles. The number of ether oxygens (including phenoxy) is 4. The largest absolute Gasteiger partial charge is 0.509 e. The highest BCUT2D eigenvalue weighted by Gasteiger charge is 2.50. The summed E-state index contributed by atoms with van der Waals surface area (Å²) < 4.78 is 40.1. The number of nitrogens with one attached hydrogen (secondary N) is 1. The van der Waals surface area contributed by atoms with Gasteiger partial charge in [0.05, 0.1) is 23.7 Å². The molecule has 236 valence electrons. The van der Waals surface area contributed by atoms with Crippen molar-refractivity contribution >= 4 is 29.9 Å². The molecule has 44 heavy (non-hydrogen) atoms. The summed E-state index contributed by atoms with van der Waals surface area (Å²) in [5.41, 5.74) is 0.632. The molecule has 0 saturated carbocycles. The van der Waals surface area contributed by atoms with E-state index in [1.807, 2.05) is 24.3 Å². The van der Waals surface area contributed by atoms with E-state index >= 15 is 0 Å². The summed E-state index contributed by atoms with van der Waals surface area (Å²) in [6, 6.07) is 12.6. The van der Waals surface area contributed by atoms with Gasteiger partial charge in [-0.05, 0) is 88.3 Å². The van der Waals surface area contributed by atoms with E-state index in [1.165, 1.54) is 34.6 Å². The van der Waals surface area contributed by atoms with Crippen molar-refractivity contribution in [2.24, 2.45) is 0 Å². The number of carbonyl (C=O) groups is 3. The Labute approximate surface area is 259 Å². The summed E-state index contributed by atoms with van der Waals surface area (Å²) in [5, 5.41) is 6.49. The van der Waals surface area contributed by atoms with Crippen LogP contribution >= 0.6 is 11.5 Å². The molecule has 1 aliphatic rings. The molecule has 3 aromatic rings. The molecule has 0 unspecified atom stereocenters. The number of likely N-dealkylation sites (tertiary alicyclic amines) is 1. The standard InChI is InChI=1S/C31H37FN4O7S/c1-30(2,3)42-28(38)36-18-24(40-29(39)43-31(4,5)6)26(41-27(37)33-16-20-8-7-9-22(32)14-20)23(36)15-19-10-12-21(13-11-19)25-17-34-35-44-25/h7-14,17,23-24,26H,15-16,18H2,1-6H3,(H,33,37)/t23-,24+,26+/m1/s1. The normalized spacial score (nSPS) is 18.4. The molecule has 1 fully saturated rings. The van der Waals surface area contributed by atoms with Gasteiger partial charge in [0.25, 0.3) is 0 Å². The molecule has 0 bridgehead atoms. The molecule has 2 amide bonds. The minimum atomic E-state index is -1.09. The maximum Gasteiger partial charge on any atom is 0.509 e. The minimum Gasteiger partial charge on any atom is -0.444 e. The Kier molecular flexibility index (Phi) is 10.1. The lowest BCUT2D eigenvalue weighted by molar-refractivity contribution is -0.0518. The molecule has 1 N–H and O–H groups in total. The first-order chi connectivity index (χ1) is 20.7. The third-order valence-corrected chi connectivity index (χ3v) is 7.12. The van der Waals surface area contributed by atoms with Gasteiger partial charge in [-0.15, -0.1) is 5.10 Å². The summed E-state index contributed by atoms with van der Waals surface area (Å²) >= 11 is 1.27. The lowest BCUT2D eigenvalue weighted by Crippen LogP contribution is -2.46. The second kappa shape index (κ2) is 13.6. The van der Waals surface area contributed by atoms with Gasteiger partial charge in [-0.2, -0.15) is 0 Å². The van der Waals surface area contributed by atoms with Crippen molar-refractivity contribution in [2.75, 3.05) is 6.54 Å². The fraction of sp³-hybridized carbons (Fsp3) is 0.452. The predicted octanol–water partition coefficient (Wildman–Crippen LogP) is 6.12. The number of nitrogens with zero attached hydrogens (tertiary/aromatic N) is 3. The first-order valence-corrected chi connectivity index (χ1v) is 14.9. The molecule has 11 nitrogen and oxygen atoms in total. The summed E-state index contributed by atoms with van der Waals surface area (Å²) in [4.78, 5) is 41.5. The molecule has 1 aromatic heterocycles. The number of hydrogen-bond acceptors (Lipinski definition) is 10. The van der Waals surface area contributed by atoms with Gasteiger partial charge >= 0.3 is 18.3 Å². The fourth-order valence-corrected chi connectivity index (χ4v) is 5.12. The van der Waals surface area contributed by atoms with Crippen LogP contribution in [0.2, 0.25) is 0 Å². The van der Waals surface area contributed by atoms with Gasteiger partial charge in [0, 0.05) is 6.54 Å². The number of carbonyl (C=O) groups excluding carboxylic acids is 3. The third-order valence-electron chi connectivity index (χ3n) is 6.40. The number of rotatable bonds is 7. The van der Waals surface area contributed by atoms with Crippen LogP contribution in [0.3, 0.4) is 0 Å². The van der Waals surface area contributed by atoms with E-state index in [2.05, 4.69) is 14.9 Å². The smallest absolute Gasteiger partial charge is 0.444 e. The molecule has 0 spiro atoms. The minimum absolute atomic E-state index is 0.00472. The van der Waals surface area contributed by atoms with Crippen molar-refractivity contribution in [3.8, 4) is 10.4 Å². The SMILES string of the molecule is CC(C)(C)OC(=O)O[C@H]1CN(C(=O)OC(C)(C)C)[C@H](Cc2ccc(-c3cnns3)cc2)[C@@H]1OC(=O)NCc1cccc(F)c1. The molecule has 2 heterocycles. The maximum atomic E-state index is 13.6. The number of hydrogen-bond donors (Lipinski definition) is 1. The van der Waals surface area contributed by atoms with E-state index in [-0.39, 0.29) is 19.5 Å². The molecule has 1 saturated heterocycles. The number of halogens is 1. The first-order valence-electron chi connectivity index (χ1n) is 14.1. The van der Waals surface area contributed by atoms with Crippen LogP contribution in [-0.2, 0) is 31.9 Å². The zero-order valence-electron chi connectivity index (χ0n) is 25.5. The van der Waals surface area contributed by atoms with E-state index < -0.39 is 53.6 Å². The lowest BCUT2D eigenvalue weighted by Gasteiger charge is -2.30. The monoisotopic (exact) mass is 628 g/mol. The Balaban J connectivity index is 1.61. The van der Waals surface area contributed by atoms with Gasteiger partial charge in [0.2, 0.25) is 0 Å². The van der Waals surface area contributed by atoms with Crippen LogP contribution in [0.5, 0.6) is 0 Å². The Morgan fingerprint density at radius 2 is 1.68 bits per heavy atom. The molecule has 13 heteroatoms. The molecule has 3 atom stereocenters. The van der Waals surface area contributed by atoms with Crippen molar-refractivity contribution in [1.29, 1.82) is 0 Å². The number of aromatic nitrogens is 2. The van der Waals surface area contributed by atoms with Gasteiger partial charge in [-0.25, -0.2) is 18.8 Å². The van der Waals surface area contributed by atoms with Crippen molar-refractivity contribution < 1.29 is 37.7 Å². The van der Waals surface area contributed by atoms with Crippen molar-refractivity contribution in [3.05, 3.63) is 71.7 Å². The molecular weight excluding hydrogens is 591 g/mol. The average molecular weight is 629 g/mol. The van der Waals surface area contributed by atoms with E-state index in [9.17, 15) is 18.8 Å². The van der Waals surface area contributed by atoms with E-state index in [0.29, 0.717) is 5.56 Å². The predicted molar refractivity (Wildman–Crippen MR) is 160 cm³/mol. The maximum absolute atomic E-state index is 13.6. The van der Waals surface area contributed by atoms with Crippen LogP contribution in [0.4, 0.5) is 18.8 Å². The Morgan fingerprint density at radius 3 is 2.30 bits per heavy atom. The lowest BCUT2D eigenvalue weighted by atomic mass is 9.99. The Hall–Kier alpha value is -4.26. The van der Waals surface area contributed by atoms with E-state index in [4.69, 9.17) is 18.9 Å². The molecule has 0 aliphatic carbocycles. The van der Waals surface area contributed by atoms with Crippen LogP contribution < -0.4 is 5.32 Å². The Bertz CT molecular complexity index is 1440. The van der Waals surface area contributed by atoms with Gasteiger partial charge in [0.1, 0.15) is 17.0 Å². The third kappa shape index (κ3) is 9.37. The number of alkyl carbamates (subject to hydrolysis) is 1. The van der Waals surface area contributed by atoms with Crippen molar-refractivity contribution in [1.82, 2.24) is 19.8 Å². The van der Waals surface area contributed by atoms with Gasteiger partial charge < -0.3 is 24.3 Å². The van der Waals surface area contributed by atoms with Crippen molar-refractivity contribution in [3.63, 3.8) is 0 Å². The quantitative estimate of drug-likeness (QED) is 0.243. The zero-order valence-corrected chi connectivity index (χ0v) is 26.4. The van der Waals surface area contributed by atoms with Crippen LogP contribution in [0.25, 0.3) is 10.4 Å². The molecule has 1 aliphatic heterocycles. The Morgan fingerprint density at radius 1 is 0.977 bits per heavy atom. The topological polar surface area (TPSA) is 129 Å². The van der Waals surface area contributed by atoms with E-state index in [1.54, 1.807) is 53.8 Å². The highest BCUT2D eigenvalue weighted by Crippen LogP contribution is 2.31. The first kappa shape index (κ1) is 32.6. The van der Waals surface area contributed by atoms with Crippen LogP contribution in [0.15, 0.2) is 54.7 Å². The molecular formula is C31H37FN4O7S. The highest BCUT2D eigenvalue weighted by atomic mass is 32.1. The molecule has 4 rings (SSSR count). The second-order valence-electron chi connectivity index (χ2n) is 12.4. The summed E-state index contributed by atoms with van der Waals surface area (Å²) in [6.45, 7) is 10.2. The molecule has 0 radical (unpaired) electrons. The summed E-state index contributed by atoms with van der Waals surface area (Å²) in [6.07, 6.45) is -2.69. The second-order valence-corrected chi connectivity index (χ2v) is 13.1. The van der Waals surface area contributed by atoms with Crippen LogP contribution in [-0.4, -0.2) is 68.8 Å². The van der Waals surface area contributed by atoms with Crippen LogP contribution in [0.1, 0.15) is 52.7 Å².